The molecule has 0 atom stereocenters. The molecule has 1 aromatic heterocycles. The lowest BCUT2D eigenvalue weighted by molar-refractivity contribution is 1.27. The van der Waals surface area contributed by atoms with Gasteiger partial charge in [0.15, 0.2) is 0 Å². The molecule has 0 bridgehead atoms. The van der Waals surface area contributed by atoms with Crippen LogP contribution in [0.15, 0.2) is 22.8 Å². The monoisotopic (exact) mass is 253 g/mol. The lowest BCUT2D eigenvalue weighted by atomic mass is 10.4. The summed E-state index contributed by atoms with van der Waals surface area (Å²) in [5, 5.41) is 0. The van der Waals surface area contributed by atoms with E-state index >= 15 is 0 Å². The van der Waals surface area contributed by atoms with Crippen LogP contribution in [0.25, 0.3) is 0 Å². The van der Waals surface area contributed by atoms with Crippen molar-refractivity contribution in [3.8, 4) is 11.5 Å². The Morgan fingerprint density at radius 1 is 1.31 bits per heavy atom. The first-order valence-corrected chi connectivity index (χ1v) is 8.41. The van der Waals surface area contributed by atoms with Crippen molar-refractivity contribution in [2.24, 2.45) is 0 Å². The van der Waals surface area contributed by atoms with E-state index in [2.05, 4.69) is 52.0 Å². The summed E-state index contributed by atoms with van der Waals surface area (Å²) in [6.45, 7) is 6.66. The fourth-order valence-corrected chi connectivity index (χ4v) is 1.44. The summed E-state index contributed by atoms with van der Waals surface area (Å²) in [7, 11) is -1.27. The number of aromatic nitrogens is 1. The highest BCUT2D eigenvalue weighted by atomic mass is 79.9. The maximum absolute atomic E-state index is 4.18. The van der Waals surface area contributed by atoms with E-state index < -0.39 is 8.07 Å². The van der Waals surface area contributed by atoms with Gasteiger partial charge in [0.05, 0.1) is 0 Å². The Balaban J connectivity index is 2.85. The Morgan fingerprint density at radius 3 is 2.46 bits per heavy atom. The molecule has 3 heteroatoms. The third kappa shape index (κ3) is 4.25. The third-order valence-electron chi connectivity index (χ3n) is 1.29. The molecule has 0 aliphatic rings. The van der Waals surface area contributed by atoms with Crippen LogP contribution in [0.5, 0.6) is 0 Å². The largest absolute Gasteiger partial charge is 0.247 e. The van der Waals surface area contributed by atoms with Crippen LogP contribution in [-0.4, -0.2) is 13.1 Å². The van der Waals surface area contributed by atoms with E-state index in [-0.39, 0.29) is 0 Å². The minimum atomic E-state index is -1.27. The molecule has 0 aliphatic carbocycles. The van der Waals surface area contributed by atoms with Gasteiger partial charge in [-0.1, -0.05) is 25.6 Å². The SMILES string of the molecule is C[Si](C)(C)C#Cc1ccc(Br)cn1. The number of rotatable bonds is 0. The summed E-state index contributed by atoms with van der Waals surface area (Å²) in [6.07, 6.45) is 1.77. The van der Waals surface area contributed by atoms with E-state index in [4.69, 9.17) is 0 Å². The zero-order chi connectivity index (χ0) is 9.90. The van der Waals surface area contributed by atoms with Crippen molar-refractivity contribution in [3.63, 3.8) is 0 Å². The third-order valence-corrected chi connectivity index (χ3v) is 2.64. The average Bonchev–Trinajstić information content (AvgIpc) is 2.02. The van der Waals surface area contributed by atoms with Gasteiger partial charge in [-0.2, -0.15) is 0 Å². The average molecular weight is 254 g/mol. The molecule has 0 aliphatic heterocycles. The number of halogens is 1. The number of hydrogen-bond donors (Lipinski definition) is 0. The van der Waals surface area contributed by atoms with Gasteiger partial charge in [0, 0.05) is 10.7 Å². The summed E-state index contributed by atoms with van der Waals surface area (Å²) >= 11 is 3.33. The lowest BCUT2D eigenvalue weighted by Gasteiger charge is -2.02. The van der Waals surface area contributed by atoms with Crippen LogP contribution in [-0.2, 0) is 0 Å². The number of hydrogen-bond acceptors (Lipinski definition) is 1. The van der Waals surface area contributed by atoms with Gasteiger partial charge in [0.1, 0.15) is 13.8 Å². The molecule has 0 fully saturated rings. The first-order chi connectivity index (χ1) is 5.97. The maximum atomic E-state index is 4.18. The van der Waals surface area contributed by atoms with Crippen molar-refractivity contribution < 1.29 is 0 Å². The predicted octanol–water partition coefficient (Wildman–Crippen LogP) is 3.07. The summed E-state index contributed by atoms with van der Waals surface area (Å²) in [6, 6.07) is 3.89. The summed E-state index contributed by atoms with van der Waals surface area (Å²) in [5.74, 6) is 3.09. The minimum absolute atomic E-state index is 0.852. The summed E-state index contributed by atoms with van der Waals surface area (Å²) in [4.78, 5) is 4.18. The topological polar surface area (TPSA) is 12.9 Å². The second-order valence-electron chi connectivity index (χ2n) is 3.86. The highest BCUT2D eigenvalue weighted by Gasteiger charge is 2.07. The van der Waals surface area contributed by atoms with Gasteiger partial charge in [0.25, 0.3) is 0 Å². The predicted molar refractivity (Wildman–Crippen MR) is 62.2 cm³/mol. The van der Waals surface area contributed by atoms with Crippen LogP contribution in [0.1, 0.15) is 5.69 Å². The van der Waals surface area contributed by atoms with Crippen molar-refractivity contribution >= 4 is 24.0 Å². The molecule has 13 heavy (non-hydrogen) atoms. The molecule has 0 N–H and O–H groups in total. The maximum Gasteiger partial charge on any atom is 0.129 e. The van der Waals surface area contributed by atoms with Crippen LogP contribution in [0, 0.1) is 11.5 Å². The van der Waals surface area contributed by atoms with Crippen LogP contribution in [0.3, 0.4) is 0 Å². The molecule has 0 aromatic carbocycles. The van der Waals surface area contributed by atoms with Crippen LogP contribution in [0.2, 0.25) is 19.6 Å². The molecule has 1 nitrogen and oxygen atoms in total. The number of nitrogens with zero attached hydrogens (tertiary/aromatic N) is 1. The van der Waals surface area contributed by atoms with Gasteiger partial charge in [-0.25, -0.2) is 4.98 Å². The first-order valence-electron chi connectivity index (χ1n) is 4.12. The van der Waals surface area contributed by atoms with Crippen molar-refractivity contribution in [1.82, 2.24) is 4.98 Å². The smallest absolute Gasteiger partial charge is 0.129 e. The number of pyridine rings is 1. The molecule has 68 valence electrons. The Hall–Kier alpha value is -0.593. The fraction of sp³-hybridized carbons (Fsp3) is 0.300. The molecule has 1 heterocycles. The Bertz CT molecular complexity index is 340. The van der Waals surface area contributed by atoms with Gasteiger partial charge in [-0.3, -0.25) is 0 Å². The highest BCUT2D eigenvalue weighted by molar-refractivity contribution is 9.10. The van der Waals surface area contributed by atoms with E-state index in [9.17, 15) is 0 Å². The van der Waals surface area contributed by atoms with Crippen LogP contribution in [0.4, 0.5) is 0 Å². The van der Waals surface area contributed by atoms with Gasteiger partial charge >= 0.3 is 0 Å². The second kappa shape index (κ2) is 4.08. The van der Waals surface area contributed by atoms with Crippen LogP contribution < -0.4 is 0 Å². The minimum Gasteiger partial charge on any atom is -0.247 e. The quantitative estimate of drug-likeness (QED) is 0.512. The molecular weight excluding hydrogens is 242 g/mol. The zero-order valence-corrected chi connectivity index (χ0v) is 10.6. The molecular formula is C10H12BrNSi. The molecule has 1 rings (SSSR count). The van der Waals surface area contributed by atoms with Crippen molar-refractivity contribution in [3.05, 3.63) is 28.5 Å². The molecule has 0 amide bonds. The van der Waals surface area contributed by atoms with E-state index in [1.165, 1.54) is 0 Å². The highest BCUT2D eigenvalue weighted by Crippen LogP contribution is 2.06. The zero-order valence-electron chi connectivity index (χ0n) is 8.06. The van der Waals surface area contributed by atoms with E-state index in [0.717, 1.165) is 10.2 Å². The van der Waals surface area contributed by atoms with Gasteiger partial charge < -0.3 is 0 Å². The molecule has 0 spiro atoms. The standard InChI is InChI=1S/C10H12BrNSi/c1-13(2,3)7-6-10-5-4-9(11)8-12-10/h4-5,8H,1-3H3. The normalized spacial score (nSPS) is 10.5. The molecule has 0 saturated carbocycles. The van der Waals surface area contributed by atoms with Crippen LogP contribution >= 0.6 is 15.9 Å². The van der Waals surface area contributed by atoms with E-state index in [1.807, 2.05) is 12.1 Å². The van der Waals surface area contributed by atoms with Crippen molar-refractivity contribution in [2.45, 2.75) is 19.6 Å². The van der Waals surface area contributed by atoms with E-state index in [0.29, 0.717) is 0 Å². The molecule has 0 unspecified atom stereocenters. The van der Waals surface area contributed by atoms with Gasteiger partial charge in [0.2, 0.25) is 0 Å². The molecule has 0 saturated heterocycles. The summed E-state index contributed by atoms with van der Waals surface area (Å²) < 4.78 is 0.992. The fourth-order valence-electron chi connectivity index (χ4n) is 0.701. The molecule has 0 radical (unpaired) electrons. The van der Waals surface area contributed by atoms with Gasteiger partial charge in [-0.05, 0) is 28.1 Å². The Labute approximate surface area is 88.7 Å². The van der Waals surface area contributed by atoms with Gasteiger partial charge in [-0.15, -0.1) is 5.54 Å². The Morgan fingerprint density at radius 2 is 2.00 bits per heavy atom. The van der Waals surface area contributed by atoms with Crippen molar-refractivity contribution in [1.29, 1.82) is 0 Å². The lowest BCUT2D eigenvalue weighted by Crippen LogP contribution is -2.16. The summed E-state index contributed by atoms with van der Waals surface area (Å²) in [5.41, 5.74) is 4.12. The van der Waals surface area contributed by atoms with E-state index in [1.54, 1.807) is 6.20 Å². The Kier molecular flexibility index (Phi) is 3.29. The second-order valence-corrected chi connectivity index (χ2v) is 9.53. The first kappa shape index (κ1) is 10.5. The molecule has 1 aromatic rings. The van der Waals surface area contributed by atoms with Crippen molar-refractivity contribution in [2.75, 3.05) is 0 Å².